The first-order chi connectivity index (χ1) is 15.0. The van der Waals surface area contributed by atoms with Gasteiger partial charge in [-0.15, -0.1) is 6.58 Å². The molecule has 0 aliphatic heterocycles. The van der Waals surface area contributed by atoms with Gasteiger partial charge in [0.05, 0.1) is 14.2 Å². The maximum atomic E-state index is 12.8. The Morgan fingerprint density at radius 3 is 2.68 bits per heavy atom. The van der Waals surface area contributed by atoms with Crippen molar-refractivity contribution in [1.82, 2.24) is 15.0 Å². The van der Waals surface area contributed by atoms with E-state index in [4.69, 9.17) is 14.0 Å². The highest BCUT2D eigenvalue weighted by Gasteiger charge is 2.16. The quantitative estimate of drug-likeness (QED) is 0.380. The third-order valence-electron chi connectivity index (χ3n) is 4.56. The average molecular weight is 419 g/mol. The molecule has 1 heterocycles. The van der Waals surface area contributed by atoms with E-state index in [2.05, 4.69) is 16.7 Å². The Bertz CT molecular complexity index is 1090. The predicted molar refractivity (Wildman–Crippen MR) is 119 cm³/mol. The van der Waals surface area contributed by atoms with E-state index in [0.29, 0.717) is 29.8 Å². The van der Waals surface area contributed by atoms with Crippen molar-refractivity contribution >= 4 is 12.0 Å². The fourth-order valence-corrected chi connectivity index (χ4v) is 3.00. The van der Waals surface area contributed by atoms with Gasteiger partial charge in [-0.05, 0) is 36.8 Å². The summed E-state index contributed by atoms with van der Waals surface area (Å²) in [6.45, 7) is 6.26. The summed E-state index contributed by atoms with van der Waals surface area (Å²) in [7, 11) is 3.14. The van der Waals surface area contributed by atoms with E-state index in [1.54, 1.807) is 43.4 Å². The number of ether oxygens (including phenoxy) is 2. The van der Waals surface area contributed by atoms with Crippen LogP contribution in [0.5, 0.6) is 11.5 Å². The molecular weight excluding hydrogens is 394 g/mol. The molecule has 0 saturated carbocycles. The van der Waals surface area contributed by atoms with E-state index in [-0.39, 0.29) is 12.5 Å². The van der Waals surface area contributed by atoms with E-state index in [1.165, 1.54) is 6.08 Å². The molecule has 1 amide bonds. The topological polar surface area (TPSA) is 77.7 Å². The lowest BCUT2D eigenvalue weighted by Crippen LogP contribution is -2.29. The summed E-state index contributed by atoms with van der Waals surface area (Å²) in [6.07, 6.45) is 4.86. The molecule has 3 aromatic rings. The Hall–Kier alpha value is -3.87. The summed E-state index contributed by atoms with van der Waals surface area (Å²) in [5, 5.41) is 4.04. The predicted octanol–water partition coefficient (Wildman–Crippen LogP) is 4.29. The van der Waals surface area contributed by atoms with Gasteiger partial charge in [-0.25, -0.2) is 0 Å². The highest BCUT2D eigenvalue weighted by molar-refractivity contribution is 5.91. The largest absolute Gasteiger partial charge is 0.493 e. The summed E-state index contributed by atoms with van der Waals surface area (Å²) < 4.78 is 15.9. The maximum absolute atomic E-state index is 12.8. The highest BCUT2D eigenvalue weighted by atomic mass is 16.5. The van der Waals surface area contributed by atoms with Crippen molar-refractivity contribution in [2.45, 2.75) is 13.5 Å². The van der Waals surface area contributed by atoms with Crippen molar-refractivity contribution in [2.24, 2.45) is 0 Å². The Kier molecular flexibility index (Phi) is 7.22. The molecule has 2 aromatic carbocycles. The van der Waals surface area contributed by atoms with Gasteiger partial charge >= 0.3 is 0 Å². The molecule has 7 nitrogen and oxygen atoms in total. The molecule has 0 bridgehead atoms. The molecule has 160 valence electrons. The van der Waals surface area contributed by atoms with E-state index in [9.17, 15) is 4.79 Å². The zero-order chi connectivity index (χ0) is 22.2. The van der Waals surface area contributed by atoms with Crippen LogP contribution >= 0.6 is 0 Å². The number of rotatable bonds is 9. The number of carbonyl (C=O) groups is 1. The highest BCUT2D eigenvalue weighted by Crippen LogP contribution is 2.28. The molecule has 0 atom stereocenters. The number of amides is 1. The van der Waals surface area contributed by atoms with Gasteiger partial charge in [0.15, 0.2) is 11.5 Å². The Morgan fingerprint density at radius 1 is 1.16 bits per heavy atom. The summed E-state index contributed by atoms with van der Waals surface area (Å²) >= 11 is 0. The fourth-order valence-electron chi connectivity index (χ4n) is 3.00. The summed E-state index contributed by atoms with van der Waals surface area (Å²) in [6, 6.07) is 13.3. The first kappa shape index (κ1) is 21.8. The molecule has 31 heavy (non-hydrogen) atoms. The van der Waals surface area contributed by atoms with Crippen LogP contribution in [0.3, 0.4) is 0 Å². The van der Waals surface area contributed by atoms with Crippen LogP contribution in [-0.2, 0) is 11.3 Å². The first-order valence-electron chi connectivity index (χ1n) is 9.73. The van der Waals surface area contributed by atoms with E-state index in [0.717, 1.165) is 16.7 Å². The van der Waals surface area contributed by atoms with E-state index >= 15 is 0 Å². The second-order valence-corrected chi connectivity index (χ2v) is 6.84. The number of aromatic nitrogens is 2. The maximum Gasteiger partial charge on any atom is 0.247 e. The van der Waals surface area contributed by atoms with Crippen LogP contribution in [0.25, 0.3) is 17.5 Å². The van der Waals surface area contributed by atoms with Crippen molar-refractivity contribution in [3.63, 3.8) is 0 Å². The van der Waals surface area contributed by atoms with Crippen LogP contribution in [0.4, 0.5) is 0 Å². The molecule has 0 radical (unpaired) electrons. The SMILES string of the molecule is C=CCN(Cc1nc(-c2cccc(C)c2)no1)C(=O)/C=C/c1ccc(OC)c(OC)c1. The van der Waals surface area contributed by atoms with Gasteiger partial charge in [-0.1, -0.05) is 41.1 Å². The second-order valence-electron chi connectivity index (χ2n) is 6.84. The van der Waals surface area contributed by atoms with Crippen LogP contribution in [-0.4, -0.2) is 41.7 Å². The Balaban J connectivity index is 1.72. The number of carbonyl (C=O) groups excluding carboxylic acids is 1. The molecule has 0 N–H and O–H groups in total. The average Bonchev–Trinajstić information content (AvgIpc) is 3.25. The minimum Gasteiger partial charge on any atom is -0.493 e. The molecule has 0 fully saturated rings. The Labute approximate surface area is 181 Å². The van der Waals surface area contributed by atoms with Gasteiger partial charge in [0.2, 0.25) is 17.6 Å². The van der Waals surface area contributed by atoms with Crippen LogP contribution in [0, 0.1) is 6.92 Å². The first-order valence-corrected chi connectivity index (χ1v) is 9.73. The lowest BCUT2D eigenvalue weighted by molar-refractivity contribution is -0.126. The third kappa shape index (κ3) is 5.60. The monoisotopic (exact) mass is 419 g/mol. The van der Waals surface area contributed by atoms with Crippen LogP contribution in [0.1, 0.15) is 17.0 Å². The molecule has 1 aromatic heterocycles. The molecule has 0 unspecified atom stereocenters. The van der Waals surface area contributed by atoms with Crippen molar-refractivity contribution in [2.75, 3.05) is 20.8 Å². The smallest absolute Gasteiger partial charge is 0.247 e. The molecule has 0 saturated heterocycles. The van der Waals surface area contributed by atoms with Gasteiger partial charge in [0.1, 0.15) is 6.54 Å². The van der Waals surface area contributed by atoms with E-state index in [1.807, 2.05) is 37.3 Å². The van der Waals surface area contributed by atoms with Crippen molar-refractivity contribution in [3.05, 3.63) is 78.2 Å². The van der Waals surface area contributed by atoms with Gasteiger partial charge in [-0.3, -0.25) is 4.79 Å². The Morgan fingerprint density at radius 2 is 1.97 bits per heavy atom. The van der Waals surface area contributed by atoms with Crippen LogP contribution in [0.15, 0.2) is 65.7 Å². The lowest BCUT2D eigenvalue weighted by atomic mass is 10.1. The number of aryl methyl sites for hydroxylation is 1. The number of hydrogen-bond acceptors (Lipinski definition) is 6. The second kappa shape index (κ2) is 10.2. The standard InChI is InChI=1S/C24H25N3O4/c1-5-13-27(16-22-25-24(26-31-22)19-8-6-7-17(2)14-19)23(28)12-10-18-9-11-20(29-3)21(15-18)30-4/h5-12,14-15H,1,13,16H2,2-4H3/b12-10+. The summed E-state index contributed by atoms with van der Waals surface area (Å²) in [4.78, 5) is 18.7. The lowest BCUT2D eigenvalue weighted by Gasteiger charge is -2.16. The van der Waals surface area contributed by atoms with Gasteiger partial charge in [0, 0.05) is 18.2 Å². The van der Waals surface area contributed by atoms with Gasteiger partial charge < -0.3 is 18.9 Å². The molecule has 7 heteroatoms. The van der Waals surface area contributed by atoms with Crippen molar-refractivity contribution in [1.29, 1.82) is 0 Å². The zero-order valence-electron chi connectivity index (χ0n) is 17.9. The molecule has 3 rings (SSSR count). The van der Waals surface area contributed by atoms with Crippen LogP contribution < -0.4 is 9.47 Å². The number of nitrogens with zero attached hydrogens (tertiary/aromatic N) is 3. The molecule has 0 aliphatic rings. The summed E-state index contributed by atoms with van der Waals surface area (Å²) in [5.41, 5.74) is 2.78. The number of methoxy groups -OCH3 is 2. The van der Waals surface area contributed by atoms with Gasteiger partial charge in [-0.2, -0.15) is 4.98 Å². The minimum absolute atomic E-state index is 0.180. The number of benzene rings is 2. The van der Waals surface area contributed by atoms with Crippen molar-refractivity contribution in [3.8, 4) is 22.9 Å². The third-order valence-corrected chi connectivity index (χ3v) is 4.56. The van der Waals surface area contributed by atoms with Crippen LogP contribution in [0.2, 0.25) is 0 Å². The van der Waals surface area contributed by atoms with E-state index < -0.39 is 0 Å². The normalized spacial score (nSPS) is 10.8. The summed E-state index contributed by atoms with van der Waals surface area (Å²) in [5.74, 6) is 1.86. The molecule has 0 aliphatic carbocycles. The fraction of sp³-hybridized carbons (Fsp3) is 0.208. The molecule has 0 spiro atoms. The van der Waals surface area contributed by atoms with Gasteiger partial charge in [0.25, 0.3) is 0 Å². The minimum atomic E-state index is -0.204. The molecular formula is C24H25N3O4. The number of hydrogen-bond donors (Lipinski definition) is 0. The zero-order valence-corrected chi connectivity index (χ0v) is 17.9. The van der Waals surface area contributed by atoms with Crippen molar-refractivity contribution < 1.29 is 18.8 Å².